The number of halogens is 1. The molecule has 1 aliphatic heterocycles. The van der Waals surface area contributed by atoms with Crippen LogP contribution in [0.1, 0.15) is 19.8 Å². The van der Waals surface area contributed by atoms with Gasteiger partial charge in [0.1, 0.15) is 17.9 Å². The number of fused-ring (bicyclic) bond motifs is 1. The molecule has 0 bridgehead atoms. The maximum atomic E-state index is 12.5. The molecule has 3 rings (SSSR count). The van der Waals surface area contributed by atoms with Crippen molar-refractivity contribution < 1.29 is 23.4 Å². The van der Waals surface area contributed by atoms with Gasteiger partial charge in [-0.15, -0.1) is 0 Å². The molecule has 0 radical (unpaired) electrons. The third kappa shape index (κ3) is 5.17. The summed E-state index contributed by atoms with van der Waals surface area (Å²) < 4.78 is 28.5. The first-order valence-corrected chi connectivity index (χ1v) is 10.9. The first kappa shape index (κ1) is 19.1. The van der Waals surface area contributed by atoms with Crippen LogP contribution in [0, 0.1) is 0 Å². The topological polar surface area (TPSA) is 86.8 Å². The minimum absolute atomic E-state index is 0.191. The number of carbonyl (C=O) groups excluding carboxylic acids is 1. The Morgan fingerprint density at radius 1 is 1.38 bits per heavy atom. The molecule has 1 aliphatic rings. The van der Waals surface area contributed by atoms with Crippen LogP contribution in [0.4, 0.5) is 0 Å². The zero-order chi connectivity index (χ0) is 18.6. The molecule has 0 amide bonds. The Labute approximate surface area is 156 Å². The quantitative estimate of drug-likeness (QED) is 0.587. The van der Waals surface area contributed by atoms with Gasteiger partial charge in [-0.25, -0.2) is 9.65 Å². The molecule has 1 unspecified atom stereocenters. The summed E-state index contributed by atoms with van der Waals surface area (Å²) in [6.07, 6.45) is 2.80. The maximum absolute atomic E-state index is 12.5. The number of hydrogen-bond acceptors (Lipinski definition) is 6. The number of nitrogens with zero attached hydrogens (tertiary/aromatic N) is 1. The van der Waals surface area contributed by atoms with Gasteiger partial charge in [-0.05, 0) is 31.2 Å². The van der Waals surface area contributed by atoms with Crippen molar-refractivity contribution in [2.45, 2.75) is 31.9 Å². The smallest absolute Gasteiger partial charge is 0.409 e. The number of ether oxygens (including phenoxy) is 2. The molecule has 1 N–H and O–H groups in total. The van der Waals surface area contributed by atoms with Crippen molar-refractivity contribution in [3.63, 3.8) is 0 Å². The van der Waals surface area contributed by atoms with Gasteiger partial charge in [-0.1, -0.05) is 6.07 Å². The summed E-state index contributed by atoms with van der Waals surface area (Å²) in [5.41, 5.74) is 0.783. The average Bonchev–Trinajstić information content (AvgIpc) is 2.61. The lowest BCUT2D eigenvalue weighted by atomic mass is 10.1. The summed E-state index contributed by atoms with van der Waals surface area (Å²) in [5, 5.41) is 3.35. The van der Waals surface area contributed by atoms with E-state index in [1.165, 1.54) is 6.92 Å². The van der Waals surface area contributed by atoms with Crippen molar-refractivity contribution in [2.75, 3.05) is 13.2 Å². The van der Waals surface area contributed by atoms with Crippen molar-refractivity contribution in [3.05, 3.63) is 36.5 Å². The van der Waals surface area contributed by atoms with Crippen LogP contribution in [0.2, 0.25) is 0 Å². The molecular formula is C17H20ClN2O5P. The average molecular weight is 399 g/mol. The minimum atomic E-state index is -3.78. The Balaban J connectivity index is 1.59. The fraction of sp³-hybridized carbons (Fsp3) is 0.412. The second-order valence-corrected chi connectivity index (χ2v) is 8.76. The van der Waals surface area contributed by atoms with Crippen LogP contribution in [-0.4, -0.2) is 36.3 Å². The van der Waals surface area contributed by atoms with Gasteiger partial charge < -0.3 is 14.0 Å². The highest BCUT2D eigenvalue weighted by Gasteiger charge is 2.30. The van der Waals surface area contributed by atoms with Gasteiger partial charge in [0.15, 0.2) is 0 Å². The third-order valence-electron chi connectivity index (χ3n) is 3.95. The third-order valence-corrected chi connectivity index (χ3v) is 5.59. The van der Waals surface area contributed by atoms with E-state index in [0.29, 0.717) is 31.8 Å². The van der Waals surface area contributed by atoms with Gasteiger partial charge in [0, 0.05) is 35.7 Å². The van der Waals surface area contributed by atoms with Gasteiger partial charge in [-0.2, -0.15) is 0 Å². The minimum Gasteiger partial charge on any atom is -0.461 e. The predicted octanol–water partition coefficient (Wildman–Crippen LogP) is 3.66. The van der Waals surface area contributed by atoms with Crippen LogP contribution >= 0.6 is 18.1 Å². The highest BCUT2D eigenvalue weighted by molar-refractivity contribution is 7.84. The van der Waals surface area contributed by atoms with Crippen molar-refractivity contribution in [2.24, 2.45) is 0 Å². The Kier molecular flexibility index (Phi) is 6.14. The van der Waals surface area contributed by atoms with Crippen molar-refractivity contribution >= 4 is 35.0 Å². The Morgan fingerprint density at radius 3 is 2.92 bits per heavy atom. The Bertz CT molecular complexity index is 828. The molecule has 2 heterocycles. The van der Waals surface area contributed by atoms with Crippen LogP contribution in [-0.2, 0) is 18.8 Å². The van der Waals surface area contributed by atoms with Gasteiger partial charge >= 0.3 is 12.8 Å². The second kappa shape index (κ2) is 8.35. The van der Waals surface area contributed by atoms with Crippen LogP contribution in [0.3, 0.4) is 0 Å². The van der Waals surface area contributed by atoms with Gasteiger partial charge in [0.05, 0.1) is 18.7 Å². The summed E-state index contributed by atoms with van der Waals surface area (Å²) in [5.74, 6) is -0.203. The summed E-state index contributed by atoms with van der Waals surface area (Å²) >= 11 is 5.98. The van der Waals surface area contributed by atoms with E-state index in [4.69, 9.17) is 25.2 Å². The second-order valence-electron chi connectivity index (χ2n) is 6.03. The maximum Gasteiger partial charge on any atom is 0.409 e. The molecule has 2 atom stereocenters. The van der Waals surface area contributed by atoms with E-state index in [1.54, 1.807) is 30.5 Å². The highest BCUT2D eigenvalue weighted by Crippen LogP contribution is 2.49. The zero-order valence-electron chi connectivity index (χ0n) is 14.3. The zero-order valence-corrected chi connectivity index (χ0v) is 15.9. The molecule has 9 heteroatoms. The number of aromatic nitrogens is 1. The molecule has 1 saturated heterocycles. The molecule has 0 spiro atoms. The molecule has 1 fully saturated rings. The summed E-state index contributed by atoms with van der Waals surface area (Å²) in [6, 6.07) is 7.82. The normalized spacial score (nSPS) is 18.8. The molecule has 1 aromatic heterocycles. The monoisotopic (exact) mass is 398 g/mol. The molecule has 1 aromatic carbocycles. The van der Waals surface area contributed by atoms with E-state index in [9.17, 15) is 9.36 Å². The van der Waals surface area contributed by atoms with Gasteiger partial charge in [-0.3, -0.25) is 9.78 Å². The molecule has 0 saturated carbocycles. The molecule has 26 heavy (non-hydrogen) atoms. The van der Waals surface area contributed by atoms with E-state index in [1.807, 2.05) is 6.07 Å². The Morgan fingerprint density at radius 2 is 2.15 bits per heavy atom. The fourth-order valence-electron chi connectivity index (χ4n) is 2.62. The largest absolute Gasteiger partial charge is 0.461 e. The molecule has 0 aliphatic carbocycles. The number of hydrogen-bond donors (Lipinski definition) is 1. The lowest BCUT2D eigenvalue weighted by Gasteiger charge is -2.24. The van der Waals surface area contributed by atoms with Gasteiger partial charge in [0.2, 0.25) is 0 Å². The van der Waals surface area contributed by atoms with Crippen LogP contribution in [0.5, 0.6) is 5.75 Å². The summed E-state index contributed by atoms with van der Waals surface area (Å²) in [4.78, 5) is 16.3. The predicted molar refractivity (Wildman–Crippen MR) is 98.4 cm³/mol. The summed E-state index contributed by atoms with van der Waals surface area (Å²) in [6.45, 7) is -1.12. The fourth-order valence-corrected chi connectivity index (χ4v) is 4.30. The van der Waals surface area contributed by atoms with Gasteiger partial charge in [0.25, 0.3) is 0 Å². The van der Waals surface area contributed by atoms with Crippen LogP contribution in [0.15, 0.2) is 36.5 Å². The van der Waals surface area contributed by atoms with E-state index < -0.39 is 18.9 Å². The lowest BCUT2D eigenvalue weighted by molar-refractivity contribution is -0.154. The SMILES string of the molecule is C[C@H](NP(=O)(Cl)Oc1ccc2ncccc2c1)C(=O)OC1CCOCC1. The number of benzene rings is 1. The lowest BCUT2D eigenvalue weighted by Crippen LogP contribution is -2.37. The van der Waals surface area contributed by atoms with E-state index in [0.717, 1.165) is 10.9 Å². The first-order valence-electron chi connectivity index (χ1n) is 8.33. The summed E-state index contributed by atoms with van der Waals surface area (Å²) in [7, 11) is 0. The molecule has 2 aromatic rings. The number of rotatable bonds is 6. The molecular weight excluding hydrogens is 379 g/mol. The van der Waals surface area contributed by atoms with Crippen LogP contribution in [0.25, 0.3) is 10.9 Å². The van der Waals surface area contributed by atoms with Crippen molar-refractivity contribution in [1.29, 1.82) is 0 Å². The highest BCUT2D eigenvalue weighted by atomic mass is 35.7. The van der Waals surface area contributed by atoms with E-state index in [2.05, 4.69) is 10.1 Å². The van der Waals surface area contributed by atoms with E-state index in [-0.39, 0.29) is 6.10 Å². The van der Waals surface area contributed by atoms with Crippen LogP contribution < -0.4 is 9.61 Å². The number of pyridine rings is 1. The van der Waals surface area contributed by atoms with Crippen molar-refractivity contribution in [3.8, 4) is 5.75 Å². The van der Waals surface area contributed by atoms with E-state index >= 15 is 0 Å². The molecule has 140 valence electrons. The number of esters is 1. The standard InChI is InChI=1S/C17H20ClN2O5P/c1-12(17(21)24-14-6-9-23-10-7-14)20-26(18,22)25-15-4-5-16-13(11-15)3-2-8-19-16/h2-5,8,11-12,14H,6-7,9-10H2,1H3,(H,20,22)/t12-,26?/m0/s1. The first-order chi connectivity index (χ1) is 12.4. The number of carbonyl (C=O) groups is 1. The molecule has 7 nitrogen and oxygen atoms in total. The number of nitrogens with one attached hydrogen (secondary N) is 1. The van der Waals surface area contributed by atoms with Crippen molar-refractivity contribution in [1.82, 2.24) is 10.1 Å². The Hall–Kier alpha value is -1.66.